The SMILES string of the molecule is CSC1(C)C=CC=C([N+](=O)[O-])C1O. The average molecular weight is 201 g/mol. The fourth-order valence-corrected chi connectivity index (χ4v) is 1.71. The average Bonchev–Trinajstić information content (AvgIpc) is 2.09. The van der Waals surface area contributed by atoms with Crippen LogP contribution in [0.5, 0.6) is 0 Å². The first-order chi connectivity index (χ1) is 6.01. The summed E-state index contributed by atoms with van der Waals surface area (Å²) in [5, 5.41) is 20.2. The van der Waals surface area contributed by atoms with E-state index in [1.807, 2.05) is 6.26 Å². The zero-order chi connectivity index (χ0) is 10.1. The van der Waals surface area contributed by atoms with Crippen LogP contribution in [0.15, 0.2) is 23.9 Å². The van der Waals surface area contributed by atoms with Crippen molar-refractivity contribution in [1.82, 2.24) is 0 Å². The quantitative estimate of drug-likeness (QED) is 0.538. The largest absolute Gasteiger partial charge is 0.380 e. The molecule has 1 aliphatic carbocycles. The first-order valence-electron chi connectivity index (χ1n) is 3.78. The molecule has 4 nitrogen and oxygen atoms in total. The summed E-state index contributed by atoms with van der Waals surface area (Å²) in [7, 11) is 0. The molecule has 2 unspecified atom stereocenters. The second-order valence-electron chi connectivity index (χ2n) is 3.00. The zero-order valence-corrected chi connectivity index (χ0v) is 8.25. The number of nitrogens with zero attached hydrogens (tertiary/aromatic N) is 1. The van der Waals surface area contributed by atoms with Crippen LogP contribution >= 0.6 is 11.8 Å². The van der Waals surface area contributed by atoms with Crippen molar-refractivity contribution < 1.29 is 10.0 Å². The van der Waals surface area contributed by atoms with Crippen molar-refractivity contribution >= 4 is 11.8 Å². The maximum Gasteiger partial charge on any atom is 0.276 e. The van der Waals surface area contributed by atoms with E-state index in [4.69, 9.17) is 0 Å². The molecule has 0 saturated carbocycles. The highest BCUT2D eigenvalue weighted by Crippen LogP contribution is 2.34. The Bertz CT molecular complexity index is 287. The van der Waals surface area contributed by atoms with E-state index in [1.54, 1.807) is 19.1 Å². The van der Waals surface area contributed by atoms with E-state index in [1.165, 1.54) is 17.8 Å². The van der Waals surface area contributed by atoms with E-state index in [0.717, 1.165) is 0 Å². The van der Waals surface area contributed by atoms with Gasteiger partial charge in [0.2, 0.25) is 0 Å². The lowest BCUT2D eigenvalue weighted by atomic mass is 9.96. The summed E-state index contributed by atoms with van der Waals surface area (Å²) in [5.41, 5.74) is -0.139. The van der Waals surface area contributed by atoms with Crippen molar-refractivity contribution in [3.05, 3.63) is 34.0 Å². The van der Waals surface area contributed by atoms with Crippen LogP contribution < -0.4 is 0 Å². The van der Waals surface area contributed by atoms with E-state index in [0.29, 0.717) is 0 Å². The van der Waals surface area contributed by atoms with Gasteiger partial charge in [-0.05, 0) is 13.2 Å². The lowest BCUT2D eigenvalue weighted by molar-refractivity contribution is -0.436. The fraction of sp³-hybridized carbons (Fsp3) is 0.500. The van der Waals surface area contributed by atoms with Crippen LogP contribution in [-0.2, 0) is 0 Å². The van der Waals surface area contributed by atoms with Crippen LogP contribution in [0, 0.1) is 10.1 Å². The van der Waals surface area contributed by atoms with Gasteiger partial charge >= 0.3 is 0 Å². The van der Waals surface area contributed by atoms with Crippen molar-refractivity contribution in [1.29, 1.82) is 0 Å². The van der Waals surface area contributed by atoms with E-state index in [9.17, 15) is 15.2 Å². The molecular weight excluding hydrogens is 190 g/mol. The highest BCUT2D eigenvalue weighted by Gasteiger charge is 2.40. The molecule has 72 valence electrons. The minimum absolute atomic E-state index is 0.139. The van der Waals surface area contributed by atoms with E-state index < -0.39 is 15.8 Å². The summed E-state index contributed by atoms with van der Waals surface area (Å²) in [6.45, 7) is 1.77. The van der Waals surface area contributed by atoms with Gasteiger partial charge in [0.15, 0.2) is 6.10 Å². The number of allylic oxidation sites excluding steroid dienone is 2. The number of hydrogen-bond acceptors (Lipinski definition) is 4. The van der Waals surface area contributed by atoms with Crippen LogP contribution in [0.4, 0.5) is 0 Å². The molecule has 2 atom stereocenters. The van der Waals surface area contributed by atoms with Crippen LogP contribution in [0.25, 0.3) is 0 Å². The van der Waals surface area contributed by atoms with Gasteiger partial charge in [0.05, 0.1) is 9.67 Å². The number of hydrogen-bond donors (Lipinski definition) is 1. The van der Waals surface area contributed by atoms with Gasteiger partial charge in [-0.2, -0.15) is 11.8 Å². The summed E-state index contributed by atoms with van der Waals surface area (Å²) in [4.78, 5) is 9.96. The van der Waals surface area contributed by atoms with E-state index >= 15 is 0 Å². The van der Waals surface area contributed by atoms with Gasteiger partial charge in [0, 0.05) is 6.08 Å². The normalized spacial score (nSPS) is 32.8. The van der Waals surface area contributed by atoms with E-state index in [2.05, 4.69) is 0 Å². The Balaban J connectivity index is 2.99. The molecule has 0 radical (unpaired) electrons. The molecule has 0 saturated heterocycles. The summed E-state index contributed by atoms with van der Waals surface area (Å²) in [6, 6.07) is 0. The Kier molecular flexibility index (Phi) is 2.77. The lowest BCUT2D eigenvalue weighted by Crippen LogP contribution is -2.39. The Morgan fingerprint density at radius 1 is 1.77 bits per heavy atom. The molecule has 0 aromatic heterocycles. The van der Waals surface area contributed by atoms with Gasteiger partial charge in [0.1, 0.15) is 0 Å². The second kappa shape index (κ2) is 3.51. The highest BCUT2D eigenvalue weighted by atomic mass is 32.2. The molecule has 0 spiro atoms. The Hall–Kier alpha value is -0.810. The molecule has 13 heavy (non-hydrogen) atoms. The monoisotopic (exact) mass is 201 g/mol. The van der Waals surface area contributed by atoms with Gasteiger partial charge in [-0.3, -0.25) is 10.1 Å². The number of aliphatic hydroxyl groups is 1. The van der Waals surface area contributed by atoms with Crippen LogP contribution in [-0.4, -0.2) is 27.1 Å². The van der Waals surface area contributed by atoms with Gasteiger partial charge in [-0.1, -0.05) is 12.2 Å². The van der Waals surface area contributed by atoms with Crippen LogP contribution in [0.2, 0.25) is 0 Å². The first-order valence-corrected chi connectivity index (χ1v) is 5.01. The fourth-order valence-electron chi connectivity index (χ4n) is 1.15. The van der Waals surface area contributed by atoms with Gasteiger partial charge in [-0.15, -0.1) is 0 Å². The molecule has 5 heteroatoms. The van der Waals surface area contributed by atoms with Crippen LogP contribution in [0.3, 0.4) is 0 Å². The summed E-state index contributed by atoms with van der Waals surface area (Å²) < 4.78 is -0.586. The molecule has 1 N–H and O–H groups in total. The molecule has 0 amide bonds. The molecule has 0 aromatic rings. The predicted molar refractivity (Wildman–Crippen MR) is 52.1 cm³/mol. The molecule has 0 bridgehead atoms. The van der Waals surface area contributed by atoms with Crippen molar-refractivity contribution in [2.24, 2.45) is 0 Å². The Morgan fingerprint density at radius 2 is 2.38 bits per heavy atom. The van der Waals surface area contributed by atoms with Crippen molar-refractivity contribution in [3.63, 3.8) is 0 Å². The first kappa shape index (κ1) is 10.3. The summed E-state index contributed by atoms with van der Waals surface area (Å²) in [6.07, 6.45) is 5.50. The second-order valence-corrected chi connectivity index (χ2v) is 4.29. The Labute approximate surface area is 80.5 Å². The summed E-state index contributed by atoms with van der Waals surface area (Å²) >= 11 is 1.40. The topological polar surface area (TPSA) is 63.4 Å². The minimum Gasteiger partial charge on any atom is -0.380 e. The molecule has 0 aromatic carbocycles. The number of aliphatic hydroxyl groups excluding tert-OH is 1. The number of rotatable bonds is 2. The van der Waals surface area contributed by atoms with E-state index in [-0.39, 0.29) is 5.70 Å². The zero-order valence-electron chi connectivity index (χ0n) is 7.43. The third-order valence-electron chi connectivity index (χ3n) is 2.17. The number of thioether (sulfide) groups is 1. The highest BCUT2D eigenvalue weighted by molar-refractivity contribution is 8.00. The molecule has 1 rings (SSSR count). The third kappa shape index (κ3) is 1.76. The molecule has 0 aliphatic heterocycles. The smallest absolute Gasteiger partial charge is 0.276 e. The minimum atomic E-state index is -1.04. The van der Waals surface area contributed by atoms with Crippen molar-refractivity contribution in [2.45, 2.75) is 17.8 Å². The van der Waals surface area contributed by atoms with Gasteiger partial charge in [-0.25, -0.2) is 0 Å². The maximum absolute atomic E-state index is 10.5. The molecular formula is C8H11NO3S. The summed E-state index contributed by atoms with van der Waals surface area (Å²) in [5.74, 6) is 0. The molecule has 0 fully saturated rings. The lowest BCUT2D eigenvalue weighted by Gasteiger charge is -2.29. The van der Waals surface area contributed by atoms with Crippen molar-refractivity contribution in [2.75, 3.05) is 6.26 Å². The Morgan fingerprint density at radius 3 is 2.85 bits per heavy atom. The van der Waals surface area contributed by atoms with Crippen LogP contribution in [0.1, 0.15) is 6.92 Å². The molecule has 0 heterocycles. The third-order valence-corrected chi connectivity index (χ3v) is 3.41. The van der Waals surface area contributed by atoms with Gasteiger partial charge in [0.25, 0.3) is 5.70 Å². The van der Waals surface area contributed by atoms with Crippen molar-refractivity contribution in [3.8, 4) is 0 Å². The maximum atomic E-state index is 10.5. The number of nitro groups is 1. The van der Waals surface area contributed by atoms with Gasteiger partial charge < -0.3 is 5.11 Å². The predicted octanol–water partition coefficient (Wildman–Crippen LogP) is 1.20. The standard InChI is InChI=1S/C8H11NO3S/c1-8(13-2)5-3-4-6(7(8)10)9(11)12/h3-5,7,10H,1-2H3. The molecule has 1 aliphatic rings.